The molecule has 0 unspecified atom stereocenters. The molecule has 0 radical (unpaired) electrons. The van der Waals surface area contributed by atoms with E-state index in [0.717, 1.165) is 0 Å². The third-order valence-corrected chi connectivity index (χ3v) is 0.950. The second-order valence-corrected chi connectivity index (χ2v) is 1.74. The average Bonchev–Trinajstić information content (AvgIpc) is 1.67. The molecular weight excluding hydrogens is 126 g/mol. The highest BCUT2D eigenvalue weighted by Gasteiger charge is 2.06. The van der Waals surface area contributed by atoms with Crippen LogP contribution in [0.4, 0.5) is 0 Å². The monoisotopic (exact) mass is 135 g/mol. The van der Waals surface area contributed by atoms with Crippen molar-refractivity contribution in [3.05, 3.63) is 0 Å². The smallest absolute Gasteiger partial charge is 0.320 e. The Hall–Kier alpha value is -0.220. The summed E-state index contributed by atoms with van der Waals surface area (Å²) in [6.45, 7) is 1.57. The van der Waals surface area contributed by atoms with Crippen molar-refractivity contribution in [3.63, 3.8) is 0 Å². The van der Waals surface area contributed by atoms with E-state index in [1.807, 2.05) is 0 Å². The molecule has 0 bridgehead atoms. The lowest BCUT2D eigenvalue weighted by molar-refractivity contribution is -0.138. The molecule has 0 aliphatic carbocycles. The largest absolute Gasteiger partial charge is 0.480 e. The third-order valence-electron chi connectivity index (χ3n) is 0.768. The lowest BCUT2D eigenvalue weighted by Crippen LogP contribution is -2.32. The summed E-state index contributed by atoms with van der Waals surface area (Å²) in [5, 5.41) is 10.8. The predicted molar refractivity (Wildman–Crippen MR) is 34.1 cm³/mol. The van der Waals surface area contributed by atoms with Gasteiger partial charge in [-0.2, -0.15) is 12.6 Å². The van der Waals surface area contributed by atoms with Gasteiger partial charge in [-0.05, 0) is 6.92 Å². The molecule has 0 aliphatic heterocycles. The van der Waals surface area contributed by atoms with Crippen molar-refractivity contribution in [1.29, 1.82) is 0 Å². The summed E-state index contributed by atoms with van der Waals surface area (Å²) < 4.78 is 0. The zero-order valence-electron chi connectivity index (χ0n) is 4.59. The number of aliphatic carboxylic acids is 1. The number of carboxylic acid groups (broad SMARTS) is 1. The predicted octanol–water partition coefficient (Wildman–Crippen LogP) is -0.0636. The Bertz CT molecular complexity index is 86.1. The molecule has 0 fully saturated rings. The molecule has 3 nitrogen and oxygen atoms in total. The fourth-order valence-corrected chi connectivity index (χ4v) is 0.498. The summed E-state index contributed by atoms with van der Waals surface area (Å²) in [4.78, 5) is 9.99. The number of rotatable bonds is 3. The quantitative estimate of drug-likeness (QED) is 0.375. The number of hydrogen-bond donors (Lipinski definition) is 3. The average molecular weight is 135 g/mol. The molecule has 0 spiro atoms. The molecule has 0 aromatic rings. The maximum atomic E-state index is 9.99. The van der Waals surface area contributed by atoms with Crippen LogP contribution in [0, 0.1) is 0 Å². The zero-order valence-corrected chi connectivity index (χ0v) is 5.48. The summed E-state index contributed by atoms with van der Waals surface area (Å²) >= 11 is 3.78. The molecule has 0 saturated carbocycles. The van der Waals surface area contributed by atoms with Crippen molar-refractivity contribution >= 4 is 18.6 Å². The molecule has 0 saturated heterocycles. The van der Waals surface area contributed by atoms with Gasteiger partial charge in [-0.1, -0.05) is 0 Å². The van der Waals surface area contributed by atoms with Crippen LogP contribution in [0.5, 0.6) is 0 Å². The molecule has 48 valence electrons. The van der Waals surface area contributed by atoms with E-state index in [1.165, 1.54) is 0 Å². The highest BCUT2D eigenvalue weighted by molar-refractivity contribution is 7.80. The Labute approximate surface area is 53.5 Å². The van der Waals surface area contributed by atoms with E-state index in [-0.39, 0.29) is 0 Å². The van der Waals surface area contributed by atoms with Crippen LogP contribution in [0.25, 0.3) is 0 Å². The normalized spacial score (nSPS) is 13.2. The summed E-state index contributed by atoms with van der Waals surface area (Å²) in [7, 11) is 0. The Morgan fingerprint density at radius 1 is 2.00 bits per heavy atom. The van der Waals surface area contributed by atoms with Crippen molar-refractivity contribution < 1.29 is 9.90 Å². The van der Waals surface area contributed by atoms with Gasteiger partial charge in [-0.15, -0.1) is 0 Å². The molecule has 0 heterocycles. The highest BCUT2D eigenvalue weighted by atomic mass is 32.1. The van der Waals surface area contributed by atoms with Crippen LogP contribution in [-0.2, 0) is 4.79 Å². The van der Waals surface area contributed by atoms with Gasteiger partial charge in [0.25, 0.3) is 0 Å². The standard InChI is InChI=1S/C4H9NO2S/c1-3(4(6)7)5-2-8/h3,5,8H,2H2,1H3,(H,6,7)/t3-/m1/s1. The Morgan fingerprint density at radius 3 is 2.62 bits per heavy atom. The summed E-state index contributed by atoms with van der Waals surface area (Å²) in [5.74, 6) is -0.452. The first kappa shape index (κ1) is 7.78. The van der Waals surface area contributed by atoms with Gasteiger partial charge in [-0.25, -0.2) is 0 Å². The molecule has 0 amide bonds. The summed E-state index contributed by atoms with van der Waals surface area (Å²) in [6.07, 6.45) is 0. The number of nitrogens with one attached hydrogen (secondary N) is 1. The Kier molecular flexibility index (Phi) is 3.64. The van der Waals surface area contributed by atoms with Crippen LogP contribution < -0.4 is 5.32 Å². The lowest BCUT2D eigenvalue weighted by Gasteiger charge is -2.03. The van der Waals surface area contributed by atoms with Gasteiger partial charge in [0.1, 0.15) is 6.04 Å². The summed E-state index contributed by atoms with van der Waals surface area (Å²) in [6, 6.07) is -0.493. The molecule has 8 heavy (non-hydrogen) atoms. The van der Waals surface area contributed by atoms with E-state index in [9.17, 15) is 4.79 Å². The number of carboxylic acids is 1. The first-order valence-corrected chi connectivity index (χ1v) is 2.88. The van der Waals surface area contributed by atoms with Crippen molar-refractivity contribution in [2.24, 2.45) is 0 Å². The van der Waals surface area contributed by atoms with E-state index in [1.54, 1.807) is 6.92 Å². The van der Waals surface area contributed by atoms with Crippen LogP contribution in [0.3, 0.4) is 0 Å². The van der Waals surface area contributed by atoms with E-state index in [4.69, 9.17) is 5.11 Å². The number of thiol groups is 1. The van der Waals surface area contributed by atoms with Crippen molar-refractivity contribution in [2.75, 3.05) is 5.88 Å². The Morgan fingerprint density at radius 2 is 2.50 bits per heavy atom. The van der Waals surface area contributed by atoms with Gasteiger partial charge in [0.05, 0.1) is 0 Å². The van der Waals surface area contributed by atoms with Crippen LogP contribution in [-0.4, -0.2) is 23.0 Å². The molecule has 0 aliphatic rings. The van der Waals surface area contributed by atoms with Crippen molar-refractivity contribution in [2.45, 2.75) is 13.0 Å². The topological polar surface area (TPSA) is 49.3 Å². The van der Waals surface area contributed by atoms with Crippen molar-refractivity contribution in [3.8, 4) is 0 Å². The van der Waals surface area contributed by atoms with Gasteiger partial charge < -0.3 is 5.11 Å². The minimum absolute atomic E-state index is 0.396. The van der Waals surface area contributed by atoms with Gasteiger partial charge in [0, 0.05) is 5.88 Å². The summed E-state index contributed by atoms with van der Waals surface area (Å²) in [5.41, 5.74) is 0. The van der Waals surface area contributed by atoms with Gasteiger partial charge in [-0.3, -0.25) is 10.1 Å². The first-order valence-electron chi connectivity index (χ1n) is 2.25. The second-order valence-electron chi connectivity index (χ2n) is 1.42. The van der Waals surface area contributed by atoms with E-state index in [0.29, 0.717) is 5.88 Å². The highest BCUT2D eigenvalue weighted by Crippen LogP contribution is 1.79. The minimum atomic E-state index is -0.848. The van der Waals surface area contributed by atoms with Gasteiger partial charge >= 0.3 is 5.97 Å². The van der Waals surface area contributed by atoms with Crippen molar-refractivity contribution in [1.82, 2.24) is 5.32 Å². The molecule has 2 N–H and O–H groups in total. The van der Waals surface area contributed by atoms with Gasteiger partial charge in [0.15, 0.2) is 0 Å². The molecule has 1 atom stereocenters. The molecular formula is C4H9NO2S. The van der Waals surface area contributed by atoms with Crippen LogP contribution >= 0.6 is 12.6 Å². The molecule has 0 aromatic heterocycles. The van der Waals surface area contributed by atoms with E-state index >= 15 is 0 Å². The van der Waals surface area contributed by atoms with Crippen LogP contribution in [0.2, 0.25) is 0 Å². The van der Waals surface area contributed by atoms with Crippen LogP contribution in [0.15, 0.2) is 0 Å². The lowest BCUT2D eigenvalue weighted by atomic mass is 10.4. The maximum absolute atomic E-state index is 9.99. The second kappa shape index (κ2) is 3.74. The van der Waals surface area contributed by atoms with Crippen LogP contribution in [0.1, 0.15) is 6.92 Å². The first-order chi connectivity index (χ1) is 3.68. The fourth-order valence-electron chi connectivity index (χ4n) is 0.224. The molecule has 4 heteroatoms. The zero-order chi connectivity index (χ0) is 6.57. The van der Waals surface area contributed by atoms with E-state index < -0.39 is 12.0 Å². The fraction of sp³-hybridized carbons (Fsp3) is 0.750. The molecule has 0 aromatic carbocycles. The van der Waals surface area contributed by atoms with E-state index in [2.05, 4.69) is 17.9 Å². The maximum Gasteiger partial charge on any atom is 0.320 e. The molecule has 0 rings (SSSR count). The number of carbonyl (C=O) groups is 1. The minimum Gasteiger partial charge on any atom is -0.480 e. The van der Waals surface area contributed by atoms with Gasteiger partial charge in [0.2, 0.25) is 0 Å². The SMILES string of the molecule is C[C@@H](NCS)C(=O)O. The number of hydrogen-bond acceptors (Lipinski definition) is 3. The third kappa shape index (κ3) is 2.87. The Balaban J connectivity index is 3.32.